The van der Waals surface area contributed by atoms with Gasteiger partial charge in [-0.15, -0.1) is 0 Å². The van der Waals surface area contributed by atoms with Gasteiger partial charge in [0, 0.05) is 0 Å². The van der Waals surface area contributed by atoms with Crippen molar-refractivity contribution in [2.24, 2.45) is 0 Å². The van der Waals surface area contributed by atoms with Gasteiger partial charge in [-0.05, 0) is 19.4 Å². The molecule has 1 aliphatic rings. The lowest BCUT2D eigenvalue weighted by molar-refractivity contribution is -0.154. The summed E-state index contributed by atoms with van der Waals surface area (Å²) in [5, 5.41) is 18.6. The van der Waals surface area contributed by atoms with Crippen LogP contribution in [0.2, 0.25) is 0 Å². The Bertz CT molecular complexity index is 499. The average Bonchev–Trinajstić information content (AvgIpc) is 2.62. The molecular formula is C13H15NO5. The Balaban J connectivity index is 2.50. The average molecular weight is 265 g/mol. The van der Waals surface area contributed by atoms with E-state index >= 15 is 0 Å². The van der Waals surface area contributed by atoms with E-state index in [2.05, 4.69) is 0 Å². The molecule has 19 heavy (non-hydrogen) atoms. The number of carboxylic acid groups (broad SMARTS) is 2. The molecule has 6 heteroatoms. The predicted octanol–water partition coefficient (Wildman–Crippen LogP) is 1.93. The van der Waals surface area contributed by atoms with Gasteiger partial charge >= 0.3 is 12.1 Å². The number of amides is 1. The summed E-state index contributed by atoms with van der Waals surface area (Å²) in [6.45, 7) is 3.08. The van der Waals surface area contributed by atoms with E-state index in [1.54, 1.807) is 44.2 Å². The van der Waals surface area contributed by atoms with E-state index in [-0.39, 0.29) is 0 Å². The fourth-order valence-corrected chi connectivity index (χ4v) is 2.41. The van der Waals surface area contributed by atoms with Crippen LogP contribution >= 0.6 is 0 Å². The highest BCUT2D eigenvalue weighted by atomic mass is 16.6. The van der Waals surface area contributed by atoms with Gasteiger partial charge in [0.2, 0.25) is 0 Å². The molecule has 2 unspecified atom stereocenters. The van der Waals surface area contributed by atoms with Crippen molar-refractivity contribution in [1.29, 1.82) is 0 Å². The zero-order chi connectivity index (χ0) is 14.2. The second-order valence-corrected chi connectivity index (χ2v) is 4.83. The molecule has 1 amide bonds. The SMILES string of the molecule is CC1(C)OC(C(=O)O)C(c2ccccc2)N1C(=O)O. The van der Waals surface area contributed by atoms with E-state index < -0.39 is 29.9 Å². The molecule has 1 saturated heterocycles. The van der Waals surface area contributed by atoms with Crippen LogP contribution in [0, 0.1) is 0 Å². The first kappa shape index (κ1) is 13.4. The van der Waals surface area contributed by atoms with Gasteiger partial charge in [0.05, 0.1) is 0 Å². The molecule has 2 N–H and O–H groups in total. The van der Waals surface area contributed by atoms with Crippen LogP contribution in [0.25, 0.3) is 0 Å². The van der Waals surface area contributed by atoms with Crippen molar-refractivity contribution in [3.63, 3.8) is 0 Å². The highest BCUT2D eigenvalue weighted by Crippen LogP contribution is 2.41. The smallest absolute Gasteiger partial charge is 0.410 e. The lowest BCUT2D eigenvalue weighted by Crippen LogP contribution is -2.44. The summed E-state index contributed by atoms with van der Waals surface area (Å²) in [5.41, 5.74) is -0.585. The molecule has 1 aliphatic heterocycles. The number of ether oxygens (including phenoxy) is 1. The maximum atomic E-state index is 11.4. The standard InChI is InChI=1S/C13H15NO5/c1-13(2)14(12(17)18)9(10(19-13)11(15)16)8-6-4-3-5-7-8/h3-7,9-10H,1-2H3,(H,15,16)(H,17,18). The number of benzene rings is 1. The van der Waals surface area contributed by atoms with Crippen LogP contribution in [0.4, 0.5) is 4.79 Å². The molecule has 1 heterocycles. The maximum absolute atomic E-state index is 11.4. The summed E-state index contributed by atoms with van der Waals surface area (Å²) in [6.07, 6.45) is -2.42. The Morgan fingerprint density at radius 1 is 1.21 bits per heavy atom. The minimum absolute atomic E-state index is 0.600. The number of rotatable bonds is 2. The fraction of sp³-hybridized carbons (Fsp3) is 0.385. The fourth-order valence-electron chi connectivity index (χ4n) is 2.41. The van der Waals surface area contributed by atoms with Gasteiger partial charge in [0.15, 0.2) is 6.10 Å². The van der Waals surface area contributed by atoms with Crippen LogP contribution in [0.1, 0.15) is 25.5 Å². The molecule has 1 aromatic rings. The van der Waals surface area contributed by atoms with Gasteiger partial charge in [-0.25, -0.2) is 9.59 Å². The van der Waals surface area contributed by atoms with E-state index in [1.807, 2.05) is 0 Å². The molecule has 0 aliphatic carbocycles. The van der Waals surface area contributed by atoms with E-state index in [0.717, 1.165) is 4.90 Å². The summed E-state index contributed by atoms with van der Waals surface area (Å²) < 4.78 is 5.40. The molecule has 1 aromatic carbocycles. The van der Waals surface area contributed by atoms with Crippen LogP contribution in [0.15, 0.2) is 30.3 Å². The normalized spacial score (nSPS) is 25.3. The Kier molecular flexibility index (Phi) is 3.20. The van der Waals surface area contributed by atoms with Crippen molar-refractivity contribution in [2.45, 2.75) is 31.7 Å². The first-order valence-corrected chi connectivity index (χ1v) is 5.82. The Morgan fingerprint density at radius 3 is 2.26 bits per heavy atom. The number of nitrogens with zero attached hydrogens (tertiary/aromatic N) is 1. The molecule has 0 aromatic heterocycles. The highest BCUT2D eigenvalue weighted by Gasteiger charge is 2.53. The van der Waals surface area contributed by atoms with Crippen molar-refractivity contribution >= 4 is 12.1 Å². The third kappa shape index (κ3) is 2.26. The number of aliphatic carboxylic acids is 1. The minimum Gasteiger partial charge on any atom is -0.479 e. The Morgan fingerprint density at radius 2 is 1.79 bits per heavy atom. The lowest BCUT2D eigenvalue weighted by Gasteiger charge is -2.30. The largest absolute Gasteiger partial charge is 0.479 e. The number of hydrogen-bond acceptors (Lipinski definition) is 3. The van der Waals surface area contributed by atoms with Crippen molar-refractivity contribution < 1.29 is 24.5 Å². The number of carboxylic acids is 1. The monoisotopic (exact) mass is 265 g/mol. The Labute approximate surface area is 110 Å². The van der Waals surface area contributed by atoms with Gasteiger partial charge in [-0.3, -0.25) is 4.90 Å². The lowest BCUT2D eigenvalue weighted by atomic mass is 10.0. The topological polar surface area (TPSA) is 87.1 Å². The summed E-state index contributed by atoms with van der Waals surface area (Å²) >= 11 is 0. The van der Waals surface area contributed by atoms with Crippen molar-refractivity contribution in [3.05, 3.63) is 35.9 Å². The predicted molar refractivity (Wildman–Crippen MR) is 65.6 cm³/mol. The van der Waals surface area contributed by atoms with Crippen LogP contribution in [0.5, 0.6) is 0 Å². The molecular weight excluding hydrogens is 250 g/mol. The van der Waals surface area contributed by atoms with E-state index in [0.29, 0.717) is 5.56 Å². The summed E-state index contributed by atoms with van der Waals surface area (Å²) in [7, 11) is 0. The van der Waals surface area contributed by atoms with Crippen LogP contribution in [-0.2, 0) is 9.53 Å². The molecule has 6 nitrogen and oxygen atoms in total. The second kappa shape index (κ2) is 4.55. The minimum atomic E-state index is -1.21. The van der Waals surface area contributed by atoms with Crippen molar-refractivity contribution in [1.82, 2.24) is 4.90 Å². The second-order valence-electron chi connectivity index (χ2n) is 4.83. The van der Waals surface area contributed by atoms with E-state index in [4.69, 9.17) is 4.74 Å². The maximum Gasteiger partial charge on any atom is 0.410 e. The first-order chi connectivity index (χ1) is 8.84. The zero-order valence-electron chi connectivity index (χ0n) is 10.6. The van der Waals surface area contributed by atoms with E-state index in [1.165, 1.54) is 0 Å². The zero-order valence-corrected chi connectivity index (χ0v) is 10.6. The summed E-state index contributed by atoms with van der Waals surface area (Å²) in [4.78, 5) is 23.8. The molecule has 1 fully saturated rings. The van der Waals surface area contributed by atoms with Crippen molar-refractivity contribution in [3.8, 4) is 0 Å². The molecule has 2 rings (SSSR count). The summed E-state index contributed by atoms with van der Waals surface area (Å²) in [6, 6.07) is 7.79. The third-order valence-electron chi connectivity index (χ3n) is 3.15. The number of carbonyl (C=O) groups is 2. The molecule has 102 valence electrons. The molecule has 0 radical (unpaired) electrons. The van der Waals surface area contributed by atoms with Crippen LogP contribution in [0.3, 0.4) is 0 Å². The van der Waals surface area contributed by atoms with Crippen LogP contribution < -0.4 is 0 Å². The third-order valence-corrected chi connectivity index (χ3v) is 3.15. The molecule has 0 saturated carbocycles. The first-order valence-electron chi connectivity index (χ1n) is 5.82. The Hall–Kier alpha value is -2.08. The molecule has 0 spiro atoms. The van der Waals surface area contributed by atoms with Gasteiger partial charge in [-0.2, -0.15) is 0 Å². The highest BCUT2D eigenvalue weighted by molar-refractivity contribution is 5.77. The molecule has 0 bridgehead atoms. The van der Waals surface area contributed by atoms with Crippen molar-refractivity contribution in [2.75, 3.05) is 0 Å². The van der Waals surface area contributed by atoms with Gasteiger partial charge in [0.25, 0.3) is 0 Å². The number of hydrogen-bond donors (Lipinski definition) is 2. The van der Waals surface area contributed by atoms with Gasteiger partial charge < -0.3 is 14.9 Å². The van der Waals surface area contributed by atoms with Gasteiger partial charge in [0.1, 0.15) is 11.8 Å². The molecule has 2 atom stereocenters. The summed E-state index contributed by atoms with van der Waals surface area (Å²) in [5.74, 6) is -1.18. The van der Waals surface area contributed by atoms with Crippen LogP contribution in [-0.4, -0.2) is 39.0 Å². The quantitative estimate of drug-likeness (QED) is 0.853. The van der Waals surface area contributed by atoms with Gasteiger partial charge in [-0.1, -0.05) is 30.3 Å². The van der Waals surface area contributed by atoms with E-state index in [9.17, 15) is 19.8 Å².